The number of carboxylic acid groups (broad SMARTS) is 1. The minimum Gasteiger partial charge on any atom is -0.480 e. The summed E-state index contributed by atoms with van der Waals surface area (Å²) in [5, 5.41) is 24.7. The lowest BCUT2D eigenvalue weighted by molar-refractivity contribution is -0.143. The lowest BCUT2D eigenvalue weighted by atomic mass is 10.1. The molecule has 4 atom stereocenters. The standard InChI is InChI=1S/C15H24N6O6/c1-7(16)12(23)20-10(3-9-4-17-6-18-9)14(25)19-8(2)13(24)21-11(5-22)15(26)27/h4,6-8,10-11,22H,3,5,16H2,1-2H3,(H,17,18)(H,19,25)(H,20,23)(H,21,24)(H,26,27). The second-order valence-corrected chi connectivity index (χ2v) is 5.94. The third-order valence-electron chi connectivity index (χ3n) is 3.57. The summed E-state index contributed by atoms with van der Waals surface area (Å²) >= 11 is 0. The minimum atomic E-state index is -1.49. The van der Waals surface area contributed by atoms with Crippen molar-refractivity contribution in [3.8, 4) is 0 Å². The van der Waals surface area contributed by atoms with E-state index in [1.807, 2.05) is 0 Å². The van der Waals surface area contributed by atoms with Crippen molar-refractivity contribution in [1.82, 2.24) is 25.9 Å². The summed E-state index contributed by atoms with van der Waals surface area (Å²) in [5.41, 5.74) is 6.07. The van der Waals surface area contributed by atoms with E-state index in [0.717, 1.165) is 0 Å². The number of hydrogen-bond acceptors (Lipinski definition) is 7. The summed E-state index contributed by atoms with van der Waals surface area (Å²) in [6, 6.07) is -4.48. The lowest BCUT2D eigenvalue weighted by Gasteiger charge is -2.22. The van der Waals surface area contributed by atoms with Gasteiger partial charge in [-0.15, -0.1) is 0 Å². The molecule has 8 N–H and O–H groups in total. The highest BCUT2D eigenvalue weighted by molar-refractivity contribution is 5.93. The zero-order chi connectivity index (χ0) is 20.6. The van der Waals surface area contributed by atoms with Gasteiger partial charge < -0.3 is 36.9 Å². The van der Waals surface area contributed by atoms with E-state index in [1.165, 1.54) is 26.4 Å². The molecule has 0 saturated heterocycles. The van der Waals surface area contributed by atoms with Crippen LogP contribution in [0.3, 0.4) is 0 Å². The number of aliphatic hydroxyl groups is 1. The summed E-state index contributed by atoms with van der Waals surface area (Å²) in [6.07, 6.45) is 2.97. The highest BCUT2D eigenvalue weighted by Crippen LogP contribution is 2.01. The number of imidazole rings is 1. The molecule has 0 radical (unpaired) electrons. The zero-order valence-corrected chi connectivity index (χ0v) is 14.9. The van der Waals surface area contributed by atoms with E-state index in [9.17, 15) is 19.2 Å². The van der Waals surface area contributed by atoms with Gasteiger partial charge in [0, 0.05) is 18.3 Å². The van der Waals surface area contributed by atoms with Gasteiger partial charge in [0.15, 0.2) is 0 Å². The molecule has 0 aliphatic carbocycles. The number of aromatic amines is 1. The normalized spacial score (nSPS) is 15.1. The molecule has 0 spiro atoms. The Balaban J connectivity index is 2.77. The first-order valence-corrected chi connectivity index (χ1v) is 8.13. The Labute approximate surface area is 154 Å². The maximum Gasteiger partial charge on any atom is 0.328 e. The molecule has 4 unspecified atom stereocenters. The first-order valence-electron chi connectivity index (χ1n) is 8.13. The molecule has 1 aromatic heterocycles. The number of rotatable bonds is 10. The van der Waals surface area contributed by atoms with Gasteiger partial charge >= 0.3 is 5.97 Å². The number of nitrogens with two attached hydrogens (primary N) is 1. The van der Waals surface area contributed by atoms with Gasteiger partial charge in [0.1, 0.15) is 18.1 Å². The number of carbonyl (C=O) groups excluding carboxylic acids is 3. The monoisotopic (exact) mass is 384 g/mol. The Morgan fingerprint density at radius 1 is 1.11 bits per heavy atom. The van der Waals surface area contributed by atoms with Gasteiger partial charge in [-0.05, 0) is 13.8 Å². The average Bonchev–Trinajstić information content (AvgIpc) is 3.11. The van der Waals surface area contributed by atoms with E-state index in [-0.39, 0.29) is 6.42 Å². The van der Waals surface area contributed by atoms with E-state index in [0.29, 0.717) is 5.69 Å². The maximum absolute atomic E-state index is 12.5. The Bertz CT molecular complexity index is 662. The maximum atomic E-state index is 12.5. The molecule has 150 valence electrons. The molecule has 0 aliphatic rings. The molecule has 27 heavy (non-hydrogen) atoms. The Hall–Kier alpha value is -2.99. The zero-order valence-electron chi connectivity index (χ0n) is 14.9. The molecule has 3 amide bonds. The predicted octanol–water partition coefficient (Wildman–Crippen LogP) is -3.15. The van der Waals surface area contributed by atoms with Crippen molar-refractivity contribution in [3.63, 3.8) is 0 Å². The van der Waals surface area contributed by atoms with Crippen molar-refractivity contribution in [1.29, 1.82) is 0 Å². The number of hydrogen-bond donors (Lipinski definition) is 7. The number of aromatic nitrogens is 2. The molecule has 0 aromatic carbocycles. The number of nitrogens with one attached hydrogen (secondary N) is 4. The van der Waals surface area contributed by atoms with Crippen LogP contribution in [0, 0.1) is 0 Å². The molecular weight excluding hydrogens is 360 g/mol. The van der Waals surface area contributed by atoms with Crippen LogP contribution >= 0.6 is 0 Å². The first-order chi connectivity index (χ1) is 12.6. The van der Waals surface area contributed by atoms with Crippen LogP contribution in [-0.2, 0) is 25.6 Å². The topological polar surface area (TPSA) is 200 Å². The molecule has 12 heteroatoms. The van der Waals surface area contributed by atoms with Gasteiger partial charge in [-0.2, -0.15) is 0 Å². The summed E-state index contributed by atoms with van der Waals surface area (Å²) in [7, 11) is 0. The van der Waals surface area contributed by atoms with Crippen LogP contribution in [0.15, 0.2) is 12.5 Å². The van der Waals surface area contributed by atoms with Crippen LogP contribution in [0.5, 0.6) is 0 Å². The van der Waals surface area contributed by atoms with E-state index in [2.05, 4.69) is 25.9 Å². The summed E-state index contributed by atoms with van der Waals surface area (Å²) < 4.78 is 0. The van der Waals surface area contributed by atoms with Gasteiger partial charge in [-0.25, -0.2) is 9.78 Å². The Morgan fingerprint density at radius 3 is 2.22 bits per heavy atom. The third kappa shape index (κ3) is 7.03. The molecule has 1 heterocycles. The second kappa shape index (κ2) is 10.2. The Kier molecular flexibility index (Phi) is 8.35. The molecular formula is C15H24N6O6. The third-order valence-corrected chi connectivity index (χ3v) is 3.57. The van der Waals surface area contributed by atoms with E-state index >= 15 is 0 Å². The molecule has 0 bridgehead atoms. The number of amides is 3. The van der Waals surface area contributed by atoms with Crippen LogP contribution in [0.1, 0.15) is 19.5 Å². The van der Waals surface area contributed by atoms with Crippen molar-refractivity contribution in [2.24, 2.45) is 5.73 Å². The van der Waals surface area contributed by atoms with Crippen molar-refractivity contribution in [2.45, 2.75) is 44.4 Å². The van der Waals surface area contributed by atoms with Gasteiger partial charge in [-0.3, -0.25) is 14.4 Å². The van der Waals surface area contributed by atoms with E-state index < -0.39 is 54.5 Å². The van der Waals surface area contributed by atoms with Gasteiger partial charge in [0.05, 0.1) is 19.0 Å². The smallest absolute Gasteiger partial charge is 0.328 e. The average molecular weight is 384 g/mol. The molecule has 0 saturated carbocycles. The summed E-state index contributed by atoms with van der Waals surface area (Å²) in [4.78, 5) is 53.8. The number of aliphatic carboxylic acids is 1. The van der Waals surface area contributed by atoms with Crippen LogP contribution in [0.4, 0.5) is 0 Å². The number of carboxylic acids is 1. The number of nitrogens with zero attached hydrogens (tertiary/aromatic N) is 1. The van der Waals surface area contributed by atoms with Crippen LogP contribution < -0.4 is 21.7 Å². The fourth-order valence-corrected chi connectivity index (χ4v) is 1.99. The molecule has 0 aliphatic heterocycles. The second-order valence-electron chi connectivity index (χ2n) is 5.94. The minimum absolute atomic E-state index is 0.0764. The molecule has 1 aromatic rings. The number of aliphatic hydroxyl groups excluding tert-OH is 1. The molecule has 1 rings (SSSR count). The van der Waals surface area contributed by atoms with Gasteiger partial charge in [0.2, 0.25) is 17.7 Å². The first kappa shape index (κ1) is 22.1. The SMILES string of the molecule is CC(N)C(=O)NC(Cc1cnc[nH]1)C(=O)NC(C)C(=O)NC(CO)C(=O)O. The predicted molar refractivity (Wildman–Crippen MR) is 92.1 cm³/mol. The van der Waals surface area contributed by atoms with Crippen molar-refractivity contribution in [3.05, 3.63) is 18.2 Å². The van der Waals surface area contributed by atoms with Crippen LogP contribution in [0.2, 0.25) is 0 Å². The van der Waals surface area contributed by atoms with Crippen molar-refractivity contribution < 1.29 is 29.4 Å². The highest BCUT2D eigenvalue weighted by Gasteiger charge is 2.27. The summed E-state index contributed by atoms with van der Waals surface area (Å²) in [5.74, 6) is -3.44. The molecule has 0 fully saturated rings. The quantitative estimate of drug-likeness (QED) is 0.219. The van der Waals surface area contributed by atoms with Gasteiger partial charge in [0.25, 0.3) is 0 Å². The Morgan fingerprint density at radius 2 is 1.74 bits per heavy atom. The van der Waals surface area contributed by atoms with E-state index in [1.54, 1.807) is 0 Å². The van der Waals surface area contributed by atoms with Crippen molar-refractivity contribution >= 4 is 23.7 Å². The van der Waals surface area contributed by atoms with Crippen LogP contribution in [-0.4, -0.2) is 74.6 Å². The largest absolute Gasteiger partial charge is 0.480 e. The van der Waals surface area contributed by atoms with E-state index in [4.69, 9.17) is 15.9 Å². The fourth-order valence-electron chi connectivity index (χ4n) is 1.99. The number of carbonyl (C=O) groups is 4. The van der Waals surface area contributed by atoms with Crippen LogP contribution in [0.25, 0.3) is 0 Å². The lowest BCUT2D eigenvalue weighted by Crippen LogP contribution is -2.57. The number of H-pyrrole nitrogens is 1. The van der Waals surface area contributed by atoms with Crippen molar-refractivity contribution in [2.75, 3.05) is 6.61 Å². The summed E-state index contributed by atoms with van der Waals surface area (Å²) in [6.45, 7) is 2.00. The fraction of sp³-hybridized carbons (Fsp3) is 0.533. The highest BCUT2D eigenvalue weighted by atomic mass is 16.4. The van der Waals surface area contributed by atoms with Gasteiger partial charge in [-0.1, -0.05) is 0 Å². The molecule has 12 nitrogen and oxygen atoms in total.